The number of fused-ring (bicyclic) bond motifs is 2. The molecule has 0 amide bonds. The molecule has 2 aliphatic rings. The molecule has 2 saturated carbocycles. The predicted octanol–water partition coefficient (Wildman–Crippen LogP) is 8.10. The van der Waals surface area contributed by atoms with Crippen molar-refractivity contribution < 1.29 is 19.7 Å². The maximum Gasteiger partial charge on any atom is 0.360 e. The van der Waals surface area contributed by atoms with Crippen molar-refractivity contribution in [3.8, 4) is 23.6 Å². The van der Waals surface area contributed by atoms with E-state index in [1.807, 2.05) is 17.6 Å². The van der Waals surface area contributed by atoms with Crippen molar-refractivity contribution >= 4 is 51.0 Å². The van der Waals surface area contributed by atoms with E-state index in [0.717, 1.165) is 44.2 Å². The number of carbonyl (C=O) groups is 1. The monoisotopic (exact) mass is 650 g/mol. The summed E-state index contributed by atoms with van der Waals surface area (Å²) < 4.78 is 8.87. The highest BCUT2D eigenvalue weighted by molar-refractivity contribution is 6.45. The van der Waals surface area contributed by atoms with Crippen molar-refractivity contribution in [2.75, 3.05) is 6.61 Å². The summed E-state index contributed by atoms with van der Waals surface area (Å²) in [5.74, 6) is -0.438. The van der Waals surface area contributed by atoms with Crippen LogP contribution >= 0.6 is 23.2 Å². The molecule has 0 atom stereocenters. The molecular formula is C33H36Cl2N6O4. The Labute approximate surface area is 271 Å². The molecule has 2 N–H and O–H groups in total. The van der Waals surface area contributed by atoms with Crippen LogP contribution in [0.1, 0.15) is 105 Å². The second-order valence-corrected chi connectivity index (χ2v) is 12.5. The Morgan fingerprint density at radius 1 is 1.02 bits per heavy atom. The Bertz CT molecular complexity index is 1820. The van der Waals surface area contributed by atoms with Gasteiger partial charge in [0.05, 0.1) is 34.2 Å². The third-order valence-electron chi connectivity index (χ3n) is 8.88. The number of nitrogens with zero attached hydrogens (tertiary/aromatic N) is 6. The first-order valence-corrected chi connectivity index (χ1v) is 16.2. The van der Waals surface area contributed by atoms with Crippen molar-refractivity contribution in [1.29, 1.82) is 10.5 Å². The van der Waals surface area contributed by atoms with E-state index in [-0.39, 0.29) is 35.2 Å². The van der Waals surface area contributed by atoms with Gasteiger partial charge in [-0.1, -0.05) is 61.7 Å². The summed E-state index contributed by atoms with van der Waals surface area (Å²) in [5.41, 5.74) is 2.33. The number of pyridine rings is 2. The smallest absolute Gasteiger partial charge is 0.360 e. The molecule has 12 heteroatoms. The number of ether oxygens (including phenoxy) is 1. The van der Waals surface area contributed by atoms with Crippen LogP contribution in [0.15, 0.2) is 12.3 Å². The lowest BCUT2D eigenvalue weighted by Gasteiger charge is -2.26. The topological polar surface area (TPSA) is 150 Å². The Balaban J connectivity index is 0.000000179. The Kier molecular flexibility index (Phi) is 10.1. The molecular weight excluding hydrogens is 615 g/mol. The fourth-order valence-corrected chi connectivity index (χ4v) is 7.36. The fraction of sp³-hybridized carbons (Fsp3) is 0.485. The molecule has 0 spiro atoms. The molecule has 236 valence electrons. The normalized spacial score (nSPS) is 15.8. The number of nitriles is 2. The van der Waals surface area contributed by atoms with Crippen molar-refractivity contribution in [3.05, 3.63) is 45.2 Å². The Morgan fingerprint density at radius 3 is 2.29 bits per heavy atom. The van der Waals surface area contributed by atoms with E-state index < -0.39 is 5.97 Å². The van der Waals surface area contributed by atoms with Crippen molar-refractivity contribution in [2.45, 2.75) is 90.6 Å². The van der Waals surface area contributed by atoms with Gasteiger partial charge in [0.1, 0.15) is 23.0 Å². The molecule has 0 unspecified atom stereocenters. The summed E-state index contributed by atoms with van der Waals surface area (Å²) in [4.78, 5) is 20.1. The standard InChI is InChI=1S/C18H21N3O3.C15H15Cl2N3O/c1-3-24-18(23)15-17(22)13-9-11(2)21(12-7-5-4-6-8-12)16(13)14(10-19)20-15;16-13-12-11(21)7-19-10(6-18)14(12)20(15(13)17)8-9-4-2-1-3-5-9/h9,12,22H,3-8H2,1-2H3;7,9,21H,1-5,8H2. The van der Waals surface area contributed by atoms with E-state index in [1.54, 1.807) is 6.92 Å². The van der Waals surface area contributed by atoms with Crippen molar-refractivity contribution in [3.63, 3.8) is 0 Å². The third-order valence-corrected chi connectivity index (χ3v) is 9.74. The molecule has 6 rings (SSSR count). The molecule has 0 saturated heterocycles. The van der Waals surface area contributed by atoms with Crippen LogP contribution in [0.3, 0.4) is 0 Å². The minimum absolute atomic E-state index is 0.0432. The number of halogens is 2. The van der Waals surface area contributed by atoms with Gasteiger partial charge in [-0.05, 0) is 51.5 Å². The molecule has 4 aromatic rings. The lowest BCUT2D eigenvalue weighted by Crippen LogP contribution is -2.15. The summed E-state index contributed by atoms with van der Waals surface area (Å²) in [5, 5.41) is 40.9. The first-order chi connectivity index (χ1) is 21.7. The summed E-state index contributed by atoms with van der Waals surface area (Å²) in [6.45, 7) is 4.53. The zero-order valence-corrected chi connectivity index (χ0v) is 27.0. The van der Waals surface area contributed by atoms with E-state index in [1.165, 1.54) is 31.9 Å². The maximum atomic E-state index is 12.0. The number of aromatic hydroxyl groups is 2. The van der Waals surface area contributed by atoms with Crippen molar-refractivity contribution in [1.82, 2.24) is 19.1 Å². The van der Waals surface area contributed by atoms with Crippen LogP contribution in [0.5, 0.6) is 11.5 Å². The van der Waals surface area contributed by atoms with E-state index in [0.29, 0.717) is 50.5 Å². The molecule has 4 aromatic heterocycles. The van der Waals surface area contributed by atoms with Crippen molar-refractivity contribution in [2.24, 2.45) is 5.92 Å². The molecule has 0 aliphatic heterocycles. The van der Waals surface area contributed by atoms with Gasteiger partial charge in [-0.3, -0.25) is 0 Å². The molecule has 45 heavy (non-hydrogen) atoms. The maximum absolute atomic E-state index is 12.0. The summed E-state index contributed by atoms with van der Waals surface area (Å²) in [7, 11) is 0. The van der Waals surface area contributed by atoms with Crippen LogP contribution < -0.4 is 0 Å². The molecule has 2 aliphatic carbocycles. The first-order valence-electron chi connectivity index (χ1n) is 15.5. The largest absolute Gasteiger partial charge is 0.506 e. The average molecular weight is 652 g/mol. The van der Waals surface area contributed by atoms with Crippen LogP contribution in [0.4, 0.5) is 0 Å². The quantitative estimate of drug-likeness (QED) is 0.206. The molecule has 0 aromatic carbocycles. The summed E-state index contributed by atoms with van der Waals surface area (Å²) >= 11 is 12.6. The highest BCUT2D eigenvalue weighted by atomic mass is 35.5. The number of aryl methyl sites for hydroxylation is 1. The number of esters is 1. The molecule has 2 fully saturated rings. The second-order valence-electron chi connectivity index (χ2n) is 11.7. The van der Waals surface area contributed by atoms with Gasteiger partial charge in [-0.2, -0.15) is 10.5 Å². The average Bonchev–Trinajstić information content (AvgIpc) is 3.53. The fourth-order valence-electron chi connectivity index (χ4n) is 6.82. The minimum Gasteiger partial charge on any atom is -0.506 e. The number of carbonyl (C=O) groups excluding carboxylic acids is 1. The summed E-state index contributed by atoms with van der Waals surface area (Å²) in [6, 6.07) is 6.26. The number of hydrogen-bond acceptors (Lipinski definition) is 8. The van der Waals surface area contributed by atoms with Gasteiger partial charge in [0.25, 0.3) is 0 Å². The van der Waals surface area contributed by atoms with Crippen LogP contribution in [0.2, 0.25) is 10.2 Å². The van der Waals surface area contributed by atoms with E-state index in [2.05, 4.69) is 26.7 Å². The van der Waals surface area contributed by atoms with Crippen LogP contribution in [0.25, 0.3) is 21.8 Å². The predicted molar refractivity (Wildman–Crippen MR) is 172 cm³/mol. The molecule has 10 nitrogen and oxygen atoms in total. The minimum atomic E-state index is -0.712. The molecule has 0 radical (unpaired) electrons. The van der Waals surface area contributed by atoms with E-state index >= 15 is 0 Å². The lowest BCUT2D eigenvalue weighted by molar-refractivity contribution is 0.0516. The zero-order valence-electron chi connectivity index (χ0n) is 25.4. The highest BCUT2D eigenvalue weighted by Gasteiger charge is 2.27. The van der Waals surface area contributed by atoms with Gasteiger partial charge in [-0.15, -0.1) is 0 Å². The Hall–Kier alpha value is -3.99. The van der Waals surface area contributed by atoms with Crippen LogP contribution in [0, 0.1) is 35.5 Å². The lowest BCUT2D eigenvalue weighted by atomic mass is 9.89. The van der Waals surface area contributed by atoms with Gasteiger partial charge in [0.15, 0.2) is 22.8 Å². The van der Waals surface area contributed by atoms with E-state index in [9.17, 15) is 25.5 Å². The first kappa shape index (κ1) is 32.4. The SMILES string of the molecule is CCOC(=O)c1nc(C#N)c2c(cc(C)n2C2CCCCC2)c1O.N#Cc1ncc(O)c2c(Cl)c(Cl)n(CC3CCCCC3)c12. The van der Waals surface area contributed by atoms with E-state index in [4.69, 9.17) is 27.9 Å². The molecule has 0 bridgehead atoms. The van der Waals surface area contributed by atoms with Gasteiger partial charge >= 0.3 is 5.97 Å². The third kappa shape index (κ3) is 6.27. The van der Waals surface area contributed by atoms with Gasteiger partial charge in [0.2, 0.25) is 0 Å². The second kappa shape index (κ2) is 14.0. The van der Waals surface area contributed by atoms with Crippen LogP contribution in [-0.2, 0) is 11.3 Å². The highest BCUT2D eigenvalue weighted by Crippen LogP contribution is 2.42. The number of rotatable bonds is 5. The Morgan fingerprint density at radius 2 is 1.67 bits per heavy atom. The number of aromatic nitrogens is 4. The zero-order chi connectivity index (χ0) is 32.2. The number of hydrogen-bond donors (Lipinski definition) is 2. The van der Waals surface area contributed by atoms with Crippen LogP contribution in [-0.4, -0.2) is 41.9 Å². The van der Waals surface area contributed by atoms with Gasteiger partial charge in [-0.25, -0.2) is 14.8 Å². The van der Waals surface area contributed by atoms with Gasteiger partial charge in [0, 0.05) is 23.7 Å². The van der Waals surface area contributed by atoms with Gasteiger partial charge < -0.3 is 24.1 Å². The molecule has 4 heterocycles. The summed E-state index contributed by atoms with van der Waals surface area (Å²) in [6.07, 6.45) is 12.9.